The van der Waals surface area contributed by atoms with E-state index in [4.69, 9.17) is 4.74 Å². The van der Waals surface area contributed by atoms with E-state index in [1.165, 1.54) is 36.9 Å². The molecule has 1 fully saturated rings. The summed E-state index contributed by atoms with van der Waals surface area (Å²) in [5.41, 5.74) is 3.02. The second kappa shape index (κ2) is 6.91. The Labute approximate surface area is 128 Å². The van der Waals surface area contributed by atoms with Crippen LogP contribution in [0.4, 0.5) is 0 Å². The number of piperidine rings is 1. The summed E-state index contributed by atoms with van der Waals surface area (Å²) in [6, 6.07) is 10.0. The van der Waals surface area contributed by atoms with Crippen LogP contribution in [0, 0.1) is 0 Å². The molecule has 1 aromatic carbocycles. The fourth-order valence-corrected chi connectivity index (χ4v) is 4.02. The van der Waals surface area contributed by atoms with Gasteiger partial charge in [0.25, 0.3) is 0 Å². The molecule has 116 valence electrons. The number of likely N-dealkylation sites (N-methyl/N-ethyl adjacent to an activating group) is 1. The first-order valence-electron chi connectivity index (χ1n) is 8.50. The summed E-state index contributed by atoms with van der Waals surface area (Å²) in [6.07, 6.45) is 4.08. The maximum Gasteiger partial charge on any atom is 0.0702 e. The van der Waals surface area contributed by atoms with Gasteiger partial charge >= 0.3 is 0 Å². The lowest BCUT2D eigenvalue weighted by molar-refractivity contribution is -0.0110. The SMILES string of the molecule is CCNC1c2ccccc2CC1N1CCCC(OCC)C1. The molecule has 0 saturated carbocycles. The van der Waals surface area contributed by atoms with Gasteiger partial charge in [0.15, 0.2) is 0 Å². The summed E-state index contributed by atoms with van der Waals surface area (Å²) in [5.74, 6) is 0. The van der Waals surface area contributed by atoms with Crippen molar-refractivity contribution in [2.45, 2.75) is 51.3 Å². The molecule has 0 bridgehead atoms. The Hall–Kier alpha value is -0.900. The highest BCUT2D eigenvalue weighted by atomic mass is 16.5. The van der Waals surface area contributed by atoms with E-state index in [9.17, 15) is 0 Å². The Morgan fingerprint density at radius 3 is 2.95 bits per heavy atom. The summed E-state index contributed by atoms with van der Waals surface area (Å²) in [5, 5.41) is 3.71. The Kier molecular flexibility index (Phi) is 4.94. The number of rotatable bonds is 5. The van der Waals surface area contributed by atoms with E-state index in [-0.39, 0.29) is 0 Å². The average Bonchev–Trinajstić information content (AvgIpc) is 2.88. The van der Waals surface area contributed by atoms with Gasteiger partial charge in [0.05, 0.1) is 6.10 Å². The molecule has 3 nitrogen and oxygen atoms in total. The number of ether oxygens (including phenoxy) is 1. The van der Waals surface area contributed by atoms with Crippen LogP contribution in [0.15, 0.2) is 24.3 Å². The zero-order valence-corrected chi connectivity index (χ0v) is 13.3. The smallest absolute Gasteiger partial charge is 0.0702 e. The number of hydrogen-bond acceptors (Lipinski definition) is 3. The lowest BCUT2D eigenvalue weighted by Crippen LogP contribution is -2.49. The van der Waals surface area contributed by atoms with E-state index in [1.807, 2.05) is 0 Å². The fourth-order valence-electron chi connectivity index (χ4n) is 4.02. The Balaban J connectivity index is 1.75. The summed E-state index contributed by atoms with van der Waals surface area (Å²) in [7, 11) is 0. The van der Waals surface area contributed by atoms with Gasteiger partial charge in [0, 0.05) is 25.2 Å². The average molecular weight is 288 g/mol. The van der Waals surface area contributed by atoms with Crippen LogP contribution in [0.1, 0.15) is 43.9 Å². The van der Waals surface area contributed by atoms with Gasteiger partial charge in [-0.1, -0.05) is 31.2 Å². The molecule has 0 aromatic heterocycles. The lowest BCUT2D eigenvalue weighted by Gasteiger charge is -2.39. The van der Waals surface area contributed by atoms with Crippen molar-refractivity contribution in [2.24, 2.45) is 0 Å². The van der Waals surface area contributed by atoms with Crippen molar-refractivity contribution in [1.29, 1.82) is 0 Å². The monoisotopic (exact) mass is 288 g/mol. The van der Waals surface area contributed by atoms with Crippen LogP contribution >= 0.6 is 0 Å². The second-order valence-corrected chi connectivity index (χ2v) is 6.22. The van der Waals surface area contributed by atoms with E-state index in [1.54, 1.807) is 0 Å². The standard InChI is InChI=1S/C18H28N2O/c1-3-19-18-16-10-6-5-8-14(16)12-17(18)20-11-7-9-15(13-20)21-4-2/h5-6,8,10,15,17-19H,3-4,7,9,11-13H2,1-2H3. The van der Waals surface area contributed by atoms with Crippen molar-refractivity contribution in [1.82, 2.24) is 10.2 Å². The molecule has 3 rings (SSSR count). The molecule has 3 heteroatoms. The van der Waals surface area contributed by atoms with Gasteiger partial charge in [-0.05, 0) is 50.4 Å². The highest BCUT2D eigenvalue weighted by Crippen LogP contribution is 2.35. The number of fused-ring (bicyclic) bond motifs is 1. The van der Waals surface area contributed by atoms with Crippen LogP contribution in [0.2, 0.25) is 0 Å². The molecular formula is C18H28N2O. The number of nitrogens with one attached hydrogen (secondary N) is 1. The van der Waals surface area contributed by atoms with E-state index in [0.717, 1.165) is 19.7 Å². The number of nitrogens with zero attached hydrogens (tertiary/aromatic N) is 1. The first kappa shape index (κ1) is 15.0. The first-order valence-corrected chi connectivity index (χ1v) is 8.50. The minimum atomic E-state index is 0.426. The predicted molar refractivity (Wildman–Crippen MR) is 86.6 cm³/mol. The van der Waals surface area contributed by atoms with Gasteiger partial charge in [-0.15, -0.1) is 0 Å². The maximum atomic E-state index is 5.88. The summed E-state index contributed by atoms with van der Waals surface area (Å²) < 4.78 is 5.88. The zero-order chi connectivity index (χ0) is 14.7. The van der Waals surface area contributed by atoms with E-state index in [2.05, 4.69) is 48.3 Å². The molecule has 0 amide bonds. The van der Waals surface area contributed by atoms with Crippen LogP contribution in [0.3, 0.4) is 0 Å². The molecule has 1 N–H and O–H groups in total. The molecule has 1 heterocycles. The van der Waals surface area contributed by atoms with Crippen LogP contribution in [0.25, 0.3) is 0 Å². The molecule has 2 aliphatic rings. The van der Waals surface area contributed by atoms with Crippen molar-refractivity contribution in [2.75, 3.05) is 26.2 Å². The zero-order valence-electron chi connectivity index (χ0n) is 13.3. The van der Waals surface area contributed by atoms with Crippen LogP contribution in [-0.4, -0.2) is 43.3 Å². The summed E-state index contributed by atoms with van der Waals surface area (Å²) in [6.45, 7) is 8.47. The third kappa shape index (κ3) is 3.15. The first-order chi connectivity index (χ1) is 10.3. The number of hydrogen-bond donors (Lipinski definition) is 1. The van der Waals surface area contributed by atoms with Gasteiger partial charge in [0.1, 0.15) is 0 Å². The van der Waals surface area contributed by atoms with Crippen LogP contribution in [-0.2, 0) is 11.2 Å². The van der Waals surface area contributed by atoms with E-state index >= 15 is 0 Å². The molecule has 1 aliphatic carbocycles. The highest BCUT2D eigenvalue weighted by Gasteiger charge is 2.37. The minimum Gasteiger partial charge on any atom is -0.377 e. The molecule has 1 aromatic rings. The van der Waals surface area contributed by atoms with Gasteiger partial charge in [-0.2, -0.15) is 0 Å². The Bertz CT molecular complexity index is 460. The minimum absolute atomic E-state index is 0.426. The van der Waals surface area contributed by atoms with Crippen LogP contribution in [0.5, 0.6) is 0 Å². The van der Waals surface area contributed by atoms with Gasteiger partial charge in [-0.25, -0.2) is 0 Å². The maximum absolute atomic E-state index is 5.88. The molecule has 1 saturated heterocycles. The largest absolute Gasteiger partial charge is 0.377 e. The van der Waals surface area contributed by atoms with E-state index in [0.29, 0.717) is 18.2 Å². The van der Waals surface area contributed by atoms with Gasteiger partial charge in [0.2, 0.25) is 0 Å². The van der Waals surface area contributed by atoms with Crippen molar-refractivity contribution >= 4 is 0 Å². The second-order valence-electron chi connectivity index (χ2n) is 6.22. The third-order valence-corrected chi connectivity index (χ3v) is 4.91. The number of likely N-dealkylation sites (tertiary alicyclic amines) is 1. The molecule has 1 aliphatic heterocycles. The van der Waals surface area contributed by atoms with Gasteiger partial charge in [-0.3, -0.25) is 4.90 Å². The summed E-state index contributed by atoms with van der Waals surface area (Å²) >= 11 is 0. The van der Waals surface area contributed by atoms with Crippen molar-refractivity contribution in [3.05, 3.63) is 35.4 Å². The molecule has 3 unspecified atom stereocenters. The third-order valence-electron chi connectivity index (χ3n) is 4.91. The number of benzene rings is 1. The molecule has 0 radical (unpaired) electrons. The van der Waals surface area contributed by atoms with Crippen LogP contribution < -0.4 is 5.32 Å². The van der Waals surface area contributed by atoms with E-state index < -0.39 is 0 Å². The fraction of sp³-hybridized carbons (Fsp3) is 0.667. The lowest BCUT2D eigenvalue weighted by atomic mass is 10.0. The normalized spacial score (nSPS) is 29.5. The van der Waals surface area contributed by atoms with Crippen molar-refractivity contribution in [3.8, 4) is 0 Å². The molecule has 0 spiro atoms. The van der Waals surface area contributed by atoms with Gasteiger partial charge < -0.3 is 10.1 Å². The molecule has 21 heavy (non-hydrogen) atoms. The van der Waals surface area contributed by atoms with Crippen molar-refractivity contribution in [3.63, 3.8) is 0 Å². The topological polar surface area (TPSA) is 24.5 Å². The molecule has 3 atom stereocenters. The predicted octanol–water partition coefficient (Wildman–Crippen LogP) is 2.76. The van der Waals surface area contributed by atoms with Crippen molar-refractivity contribution < 1.29 is 4.74 Å². The summed E-state index contributed by atoms with van der Waals surface area (Å²) in [4.78, 5) is 2.66. The Morgan fingerprint density at radius 2 is 2.14 bits per heavy atom. The Morgan fingerprint density at radius 1 is 1.29 bits per heavy atom. The quantitative estimate of drug-likeness (QED) is 0.901. The molecular weight excluding hydrogens is 260 g/mol. The highest BCUT2D eigenvalue weighted by molar-refractivity contribution is 5.37.